The molecule has 2 aromatic rings. The van der Waals surface area contributed by atoms with E-state index in [0.717, 1.165) is 16.2 Å². The van der Waals surface area contributed by atoms with Gasteiger partial charge in [0, 0.05) is 23.5 Å². The Labute approximate surface area is 222 Å². The van der Waals surface area contributed by atoms with Crippen LogP contribution in [0, 0.1) is 0 Å². The molecule has 37 heavy (non-hydrogen) atoms. The molecule has 2 aliphatic rings. The molecule has 0 saturated carbocycles. The van der Waals surface area contributed by atoms with Crippen molar-refractivity contribution in [2.24, 2.45) is 5.16 Å². The number of fused-ring (bicyclic) bond motifs is 1. The molecule has 1 fully saturated rings. The Morgan fingerprint density at radius 2 is 2.05 bits per heavy atom. The molecule has 0 aromatic carbocycles. The van der Waals surface area contributed by atoms with Crippen molar-refractivity contribution in [1.82, 2.24) is 15.2 Å². The van der Waals surface area contributed by atoms with Gasteiger partial charge in [0.2, 0.25) is 6.10 Å². The maximum absolute atomic E-state index is 13.1. The predicted molar refractivity (Wildman–Crippen MR) is 133 cm³/mol. The molecule has 13 nitrogen and oxygen atoms in total. The fourth-order valence-corrected chi connectivity index (χ4v) is 5.87. The molecular weight excluding hydrogens is 548 g/mol. The molecule has 2 aromatic heterocycles. The first-order valence-corrected chi connectivity index (χ1v) is 12.9. The van der Waals surface area contributed by atoms with Crippen LogP contribution >= 0.6 is 34.7 Å². The van der Waals surface area contributed by atoms with Crippen LogP contribution in [0.5, 0.6) is 0 Å². The Balaban J connectivity index is 1.56. The van der Waals surface area contributed by atoms with Gasteiger partial charge in [0.15, 0.2) is 29.8 Å². The van der Waals surface area contributed by atoms with E-state index in [0.29, 0.717) is 11.3 Å². The van der Waals surface area contributed by atoms with E-state index in [1.807, 2.05) is 18.2 Å². The SMILES string of the molecule is C[C@H](ON=C(C(=O)N[C@@H]1C(=O)N2C(C(=O)O)=C(C[n+]3ccccc3)CSC12)c1nc(N)sc1Cl)C(=O)O. The zero-order valence-electron chi connectivity index (χ0n) is 19.0. The maximum atomic E-state index is 13.1. The van der Waals surface area contributed by atoms with E-state index < -0.39 is 47.0 Å². The molecule has 0 bridgehead atoms. The number of nitrogens with zero attached hydrogens (tertiary/aromatic N) is 4. The van der Waals surface area contributed by atoms with Gasteiger partial charge in [-0.05, 0) is 6.92 Å². The number of aromatic nitrogens is 2. The molecule has 16 heteroatoms. The van der Waals surface area contributed by atoms with Crippen molar-refractivity contribution in [3.63, 3.8) is 0 Å². The summed E-state index contributed by atoms with van der Waals surface area (Å²) in [5.41, 5.74) is 5.45. The number of rotatable bonds is 9. The summed E-state index contributed by atoms with van der Waals surface area (Å²) in [6, 6.07) is 4.37. The molecule has 0 radical (unpaired) electrons. The van der Waals surface area contributed by atoms with Crippen molar-refractivity contribution in [1.29, 1.82) is 0 Å². The van der Waals surface area contributed by atoms with Crippen molar-refractivity contribution in [2.75, 3.05) is 11.5 Å². The number of carbonyl (C=O) groups is 4. The summed E-state index contributed by atoms with van der Waals surface area (Å²) in [4.78, 5) is 59.3. The summed E-state index contributed by atoms with van der Waals surface area (Å²) in [7, 11) is 0. The van der Waals surface area contributed by atoms with Gasteiger partial charge in [-0.3, -0.25) is 14.5 Å². The summed E-state index contributed by atoms with van der Waals surface area (Å²) >= 11 is 8.28. The summed E-state index contributed by atoms with van der Waals surface area (Å²) < 4.78 is 1.80. The fraction of sp³-hybridized carbons (Fsp3) is 0.286. The predicted octanol–water partition coefficient (Wildman–Crippen LogP) is 0.299. The number of nitrogens with one attached hydrogen (secondary N) is 1. The number of nitrogen functional groups attached to an aromatic ring is 1. The Morgan fingerprint density at radius 1 is 1.35 bits per heavy atom. The minimum absolute atomic E-state index is 0.00531. The molecule has 3 atom stereocenters. The number of thiazole rings is 1. The van der Waals surface area contributed by atoms with Gasteiger partial charge < -0.3 is 26.1 Å². The van der Waals surface area contributed by atoms with Crippen LogP contribution in [0.2, 0.25) is 4.34 Å². The second kappa shape index (κ2) is 10.7. The average Bonchev–Trinajstić information content (AvgIpc) is 3.19. The lowest BCUT2D eigenvalue weighted by Gasteiger charge is -2.49. The van der Waals surface area contributed by atoms with Gasteiger partial charge in [-0.2, -0.15) is 0 Å². The lowest BCUT2D eigenvalue weighted by atomic mass is 10.0. The van der Waals surface area contributed by atoms with Crippen LogP contribution in [0.1, 0.15) is 12.6 Å². The lowest BCUT2D eigenvalue weighted by molar-refractivity contribution is -0.689. The molecule has 5 N–H and O–H groups in total. The third-order valence-electron chi connectivity index (χ3n) is 5.38. The number of anilines is 1. The number of carbonyl (C=O) groups excluding carboxylic acids is 2. The third kappa shape index (κ3) is 5.38. The number of hydrogen-bond donors (Lipinski definition) is 4. The Morgan fingerprint density at radius 3 is 2.65 bits per heavy atom. The van der Waals surface area contributed by atoms with Crippen molar-refractivity contribution in [2.45, 2.75) is 31.0 Å². The number of hydrogen-bond acceptors (Lipinski definition) is 10. The lowest BCUT2D eigenvalue weighted by Crippen LogP contribution is -2.71. The van der Waals surface area contributed by atoms with E-state index in [-0.39, 0.29) is 27.4 Å². The second-order valence-electron chi connectivity index (χ2n) is 7.87. The van der Waals surface area contributed by atoms with Crippen LogP contribution < -0.4 is 15.6 Å². The normalized spacial score (nSPS) is 20.1. The number of carboxylic acids is 2. The van der Waals surface area contributed by atoms with Gasteiger partial charge in [-0.25, -0.2) is 19.1 Å². The maximum Gasteiger partial charge on any atom is 0.352 e. The van der Waals surface area contributed by atoms with Crippen LogP contribution in [0.4, 0.5) is 5.13 Å². The molecule has 0 spiro atoms. The average molecular weight is 568 g/mol. The summed E-state index contributed by atoms with van der Waals surface area (Å²) in [6.45, 7) is 1.48. The Hall–Kier alpha value is -3.69. The van der Waals surface area contributed by atoms with Crippen LogP contribution in [0.3, 0.4) is 0 Å². The summed E-state index contributed by atoms with van der Waals surface area (Å²) in [5.74, 6) is -3.80. The molecular formula is C21H20ClN6O7S2+. The van der Waals surface area contributed by atoms with Gasteiger partial charge >= 0.3 is 11.9 Å². The first kappa shape index (κ1) is 26.4. The number of β-lactam (4-membered cyclic amide) rings is 1. The Kier molecular flexibility index (Phi) is 7.65. The summed E-state index contributed by atoms with van der Waals surface area (Å²) in [5, 5.41) is 24.4. The molecule has 2 aliphatic heterocycles. The monoisotopic (exact) mass is 567 g/mol. The van der Waals surface area contributed by atoms with Crippen LogP contribution in [0.15, 0.2) is 47.0 Å². The minimum atomic E-state index is -1.39. The van der Waals surface area contributed by atoms with E-state index in [9.17, 15) is 24.3 Å². The van der Waals surface area contributed by atoms with E-state index in [4.69, 9.17) is 27.3 Å². The number of pyridine rings is 1. The quantitative estimate of drug-likeness (QED) is 0.142. The van der Waals surface area contributed by atoms with E-state index in [1.54, 1.807) is 17.0 Å². The second-order valence-corrected chi connectivity index (χ2v) is 10.6. The first-order valence-electron chi connectivity index (χ1n) is 10.6. The number of amides is 2. The van der Waals surface area contributed by atoms with Crippen molar-refractivity contribution < 1.29 is 38.8 Å². The van der Waals surface area contributed by atoms with Crippen LogP contribution in [-0.4, -0.2) is 72.8 Å². The fourth-order valence-electron chi connectivity index (χ4n) is 3.61. The van der Waals surface area contributed by atoms with Crippen molar-refractivity contribution >= 4 is 69.3 Å². The molecule has 1 unspecified atom stereocenters. The molecule has 4 heterocycles. The third-order valence-corrected chi connectivity index (χ3v) is 7.80. The van der Waals surface area contributed by atoms with E-state index >= 15 is 0 Å². The number of nitrogens with two attached hydrogens (primary N) is 1. The van der Waals surface area contributed by atoms with Gasteiger partial charge in [0.1, 0.15) is 27.1 Å². The van der Waals surface area contributed by atoms with Crippen LogP contribution in [0.25, 0.3) is 0 Å². The number of oxime groups is 1. The highest BCUT2D eigenvalue weighted by atomic mass is 35.5. The number of halogens is 1. The minimum Gasteiger partial charge on any atom is -0.478 e. The smallest absolute Gasteiger partial charge is 0.352 e. The first-order chi connectivity index (χ1) is 17.6. The highest BCUT2D eigenvalue weighted by Crippen LogP contribution is 2.40. The van der Waals surface area contributed by atoms with Crippen molar-refractivity contribution in [3.05, 3.63) is 51.9 Å². The number of carboxylic acid groups (broad SMARTS) is 2. The van der Waals surface area contributed by atoms with Gasteiger partial charge in [0.25, 0.3) is 11.8 Å². The molecule has 2 amide bonds. The van der Waals surface area contributed by atoms with Gasteiger partial charge in [-0.15, -0.1) is 11.8 Å². The highest BCUT2D eigenvalue weighted by Gasteiger charge is 2.55. The number of thioether (sulfide) groups is 1. The topological polar surface area (TPSA) is 188 Å². The molecule has 194 valence electrons. The van der Waals surface area contributed by atoms with Crippen molar-refractivity contribution in [3.8, 4) is 0 Å². The Bertz CT molecular complexity index is 1330. The molecule has 0 aliphatic carbocycles. The number of aliphatic carboxylic acids is 2. The largest absolute Gasteiger partial charge is 0.478 e. The van der Waals surface area contributed by atoms with E-state index in [1.165, 1.54) is 18.7 Å². The van der Waals surface area contributed by atoms with Crippen LogP contribution in [-0.2, 0) is 30.6 Å². The zero-order chi connectivity index (χ0) is 26.9. The summed E-state index contributed by atoms with van der Waals surface area (Å²) in [6.07, 6.45) is 2.18. The zero-order valence-corrected chi connectivity index (χ0v) is 21.4. The van der Waals surface area contributed by atoms with E-state index in [2.05, 4.69) is 15.5 Å². The van der Waals surface area contributed by atoms with Gasteiger partial charge in [-0.1, -0.05) is 34.2 Å². The van der Waals surface area contributed by atoms with Gasteiger partial charge in [0.05, 0.1) is 0 Å². The standard InChI is InChI=1S/C21H19ClN6O7S2/c1-9(19(31)32)35-26-12(11-15(22)37-21(23)25-11)16(29)24-13-17(30)28-14(20(33)34)10(8-36-18(13)28)7-27-5-3-2-4-6-27/h2-6,9,13,18H,7-8H2,1H3,(H4-,23,24,25,29,31,32,33,34)/p+1/t9-,13+,18?/m0/s1. The highest BCUT2D eigenvalue weighted by molar-refractivity contribution is 8.00. The molecule has 1 saturated heterocycles. The molecule has 4 rings (SSSR count).